The minimum Gasteiger partial charge on any atom is -0.333 e. The molecule has 3 heterocycles. The molecule has 5 rings (SSSR count). The fourth-order valence-electron chi connectivity index (χ4n) is 3.52. The Labute approximate surface area is 186 Å². The number of rotatable bonds is 4. The van der Waals surface area contributed by atoms with E-state index in [1.165, 1.54) is 11.3 Å². The highest BCUT2D eigenvalue weighted by Gasteiger charge is 2.20. The fourth-order valence-corrected chi connectivity index (χ4v) is 4.80. The van der Waals surface area contributed by atoms with Crippen LogP contribution in [0, 0.1) is 13.8 Å². The molecule has 8 heteroatoms. The highest BCUT2D eigenvalue weighted by Crippen LogP contribution is 2.35. The molecule has 5 aromatic rings. The van der Waals surface area contributed by atoms with Crippen molar-refractivity contribution in [2.45, 2.75) is 20.4 Å². The summed E-state index contributed by atoms with van der Waals surface area (Å²) in [7, 11) is 0. The van der Waals surface area contributed by atoms with Crippen molar-refractivity contribution in [3.05, 3.63) is 86.9 Å². The summed E-state index contributed by atoms with van der Waals surface area (Å²) in [6.45, 7) is 4.29. The maximum absolute atomic E-state index is 13.2. The number of aryl methyl sites for hydroxylation is 2. The summed E-state index contributed by atoms with van der Waals surface area (Å²) in [5, 5.41) is 5.33. The van der Waals surface area contributed by atoms with Crippen LogP contribution in [0.3, 0.4) is 0 Å². The number of hydrogen-bond donors (Lipinski definition) is 0. The molecular weight excluding hydrogens is 432 g/mol. The zero-order valence-corrected chi connectivity index (χ0v) is 18.4. The minimum atomic E-state index is -0.108. The molecule has 0 atom stereocenters. The van der Waals surface area contributed by atoms with Crippen molar-refractivity contribution >= 4 is 33.2 Å². The van der Waals surface area contributed by atoms with Gasteiger partial charge in [0.25, 0.3) is 11.4 Å². The van der Waals surface area contributed by atoms with Gasteiger partial charge in [0.05, 0.1) is 23.1 Å². The van der Waals surface area contributed by atoms with Crippen molar-refractivity contribution in [3.63, 3.8) is 0 Å². The minimum absolute atomic E-state index is 0.108. The average molecular weight is 449 g/mol. The quantitative estimate of drug-likeness (QED) is 0.363. The maximum atomic E-state index is 13.2. The predicted octanol–water partition coefficient (Wildman–Crippen LogP) is 5.49. The molecule has 154 valence electrons. The fraction of sp³-hybridized carbons (Fsp3) is 0.130. The second-order valence-corrected chi connectivity index (χ2v) is 8.77. The first-order valence-electron chi connectivity index (χ1n) is 9.64. The molecule has 0 fully saturated rings. The number of hydrogen-bond acceptors (Lipinski definition) is 6. The normalized spacial score (nSPS) is 11.3. The molecule has 0 saturated carbocycles. The summed E-state index contributed by atoms with van der Waals surface area (Å²) in [5.41, 5.74) is 3.62. The second kappa shape index (κ2) is 7.76. The topological polar surface area (TPSA) is 73.8 Å². The summed E-state index contributed by atoms with van der Waals surface area (Å²) in [6, 6.07) is 15.4. The Morgan fingerprint density at radius 3 is 2.77 bits per heavy atom. The summed E-state index contributed by atoms with van der Waals surface area (Å²) >= 11 is 7.45. The van der Waals surface area contributed by atoms with Gasteiger partial charge in [-0.25, -0.2) is 4.98 Å². The summed E-state index contributed by atoms with van der Waals surface area (Å²) < 4.78 is 7.12. The Bertz CT molecular complexity index is 1480. The van der Waals surface area contributed by atoms with Gasteiger partial charge < -0.3 is 4.52 Å². The number of halogens is 1. The molecule has 0 unspecified atom stereocenters. The van der Waals surface area contributed by atoms with E-state index in [-0.39, 0.29) is 5.56 Å². The van der Waals surface area contributed by atoms with Crippen molar-refractivity contribution in [3.8, 4) is 22.2 Å². The van der Waals surface area contributed by atoms with E-state index < -0.39 is 0 Å². The third kappa shape index (κ3) is 3.66. The first-order valence-corrected chi connectivity index (χ1v) is 10.8. The molecule has 0 aliphatic carbocycles. The van der Waals surface area contributed by atoms with Crippen LogP contribution in [-0.4, -0.2) is 19.7 Å². The number of thiophene rings is 1. The molecule has 6 nitrogen and oxygen atoms in total. The van der Waals surface area contributed by atoms with Gasteiger partial charge >= 0.3 is 0 Å². The van der Waals surface area contributed by atoms with Crippen LogP contribution in [0.25, 0.3) is 32.4 Å². The van der Waals surface area contributed by atoms with Gasteiger partial charge in [-0.05, 0) is 43.2 Å². The Kier molecular flexibility index (Phi) is 4.92. The summed E-state index contributed by atoms with van der Waals surface area (Å²) in [4.78, 5) is 23.6. The Morgan fingerprint density at radius 2 is 1.97 bits per heavy atom. The standard InChI is InChI=1S/C23H17ClN4O2S/c1-13-5-3-7-16(9-13)20-26-21(30-27-20)19-14(2)18-22(31-19)25-12-28(23(18)29)11-15-6-4-8-17(24)10-15/h3-10,12H,11H2,1-2H3. The molecule has 0 radical (unpaired) electrons. The SMILES string of the molecule is Cc1cccc(-c2noc(-c3sc4ncn(Cc5cccc(Cl)c5)c(=O)c4c3C)n2)c1. The van der Waals surface area contributed by atoms with Crippen molar-refractivity contribution in [2.75, 3.05) is 0 Å². The third-order valence-electron chi connectivity index (χ3n) is 5.06. The van der Waals surface area contributed by atoms with E-state index in [1.807, 2.05) is 56.3 Å². The lowest BCUT2D eigenvalue weighted by molar-refractivity contribution is 0.433. The van der Waals surface area contributed by atoms with Crippen LogP contribution in [0.1, 0.15) is 16.7 Å². The third-order valence-corrected chi connectivity index (χ3v) is 6.48. The van der Waals surface area contributed by atoms with Crippen LogP contribution < -0.4 is 5.56 Å². The number of benzene rings is 2. The number of fused-ring (bicyclic) bond motifs is 1. The van der Waals surface area contributed by atoms with Gasteiger partial charge in [-0.15, -0.1) is 11.3 Å². The van der Waals surface area contributed by atoms with Gasteiger partial charge in [0.1, 0.15) is 4.83 Å². The molecule has 31 heavy (non-hydrogen) atoms. The molecule has 0 saturated heterocycles. The molecule has 0 bridgehead atoms. The van der Waals surface area contributed by atoms with E-state index in [4.69, 9.17) is 16.1 Å². The monoisotopic (exact) mass is 448 g/mol. The van der Waals surface area contributed by atoms with Gasteiger partial charge in [-0.3, -0.25) is 9.36 Å². The number of aromatic nitrogens is 4. The molecule has 3 aromatic heterocycles. The van der Waals surface area contributed by atoms with Crippen LogP contribution >= 0.6 is 22.9 Å². The lowest BCUT2D eigenvalue weighted by Crippen LogP contribution is -2.21. The van der Waals surface area contributed by atoms with Crippen LogP contribution in [0.5, 0.6) is 0 Å². The molecule has 0 N–H and O–H groups in total. The lowest BCUT2D eigenvalue weighted by Gasteiger charge is -2.06. The highest BCUT2D eigenvalue weighted by molar-refractivity contribution is 7.22. The first-order chi connectivity index (χ1) is 15.0. The van der Waals surface area contributed by atoms with E-state index in [0.717, 1.165) is 27.1 Å². The van der Waals surface area contributed by atoms with Gasteiger partial charge in [0.15, 0.2) is 0 Å². The smallest absolute Gasteiger partial charge is 0.268 e. The maximum Gasteiger partial charge on any atom is 0.268 e. The Balaban J connectivity index is 1.55. The average Bonchev–Trinajstić information content (AvgIpc) is 3.35. The zero-order valence-electron chi connectivity index (χ0n) is 16.8. The molecule has 0 amide bonds. The Hall–Kier alpha value is -3.29. The van der Waals surface area contributed by atoms with Crippen molar-refractivity contribution in [1.29, 1.82) is 0 Å². The van der Waals surface area contributed by atoms with Crippen LogP contribution in [0.2, 0.25) is 5.02 Å². The predicted molar refractivity (Wildman–Crippen MR) is 123 cm³/mol. The van der Waals surface area contributed by atoms with Crippen molar-refractivity contribution in [1.82, 2.24) is 19.7 Å². The molecular formula is C23H17ClN4O2S. The van der Waals surface area contributed by atoms with Crippen LogP contribution in [-0.2, 0) is 6.54 Å². The van der Waals surface area contributed by atoms with E-state index in [0.29, 0.717) is 33.5 Å². The molecule has 0 aliphatic heterocycles. The van der Waals surface area contributed by atoms with E-state index in [9.17, 15) is 4.79 Å². The van der Waals surface area contributed by atoms with Gasteiger partial charge in [-0.2, -0.15) is 4.98 Å². The zero-order chi connectivity index (χ0) is 21.5. The van der Waals surface area contributed by atoms with Gasteiger partial charge in [-0.1, -0.05) is 52.7 Å². The first kappa shape index (κ1) is 19.7. The van der Waals surface area contributed by atoms with Crippen LogP contribution in [0.4, 0.5) is 0 Å². The lowest BCUT2D eigenvalue weighted by atomic mass is 10.1. The number of nitrogens with zero attached hydrogens (tertiary/aromatic N) is 4. The highest BCUT2D eigenvalue weighted by atomic mass is 35.5. The van der Waals surface area contributed by atoms with Crippen molar-refractivity contribution < 1.29 is 4.52 Å². The van der Waals surface area contributed by atoms with Crippen molar-refractivity contribution in [2.24, 2.45) is 0 Å². The van der Waals surface area contributed by atoms with Gasteiger partial charge in [0, 0.05) is 10.6 Å². The summed E-state index contributed by atoms with van der Waals surface area (Å²) in [5.74, 6) is 0.902. The van der Waals surface area contributed by atoms with E-state index >= 15 is 0 Å². The van der Waals surface area contributed by atoms with E-state index in [1.54, 1.807) is 17.0 Å². The van der Waals surface area contributed by atoms with Crippen LogP contribution in [0.15, 0.2) is 64.2 Å². The van der Waals surface area contributed by atoms with E-state index in [2.05, 4.69) is 15.1 Å². The molecule has 0 spiro atoms. The largest absolute Gasteiger partial charge is 0.333 e. The second-order valence-electron chi connectivity index (χ2n) is 7.34. The summed E-state index contributed by atoms with van der Waals surface area (Å²) in [6.07, 6.45) is 1.57. The van der Waals surface area contributed by atoms with Gasteiger partial charge in [0.2, 0.25) is 5.82 Å². The Morgan fingerprint density at radius 1 is 1.13 bits per heavy atom. The molecule has 0 aliphatic rings. The molecule has 2 aromatic carbocycles.